The minimum absolute atomic E-state index is 0.122. The van der Waals surface area contributed by atoms with Gasteiger partial charge in [0.2, 0.25) is 5.91 Å². The summed E-state index contributed by atoms with van der Waals surface area (Å²) in [5.74, 6) is -0.519. The number of aryl methyl sites for hydroxylation is 2. The van der Waals surface area contributed by atoms with E-state index in [1.807, 2.05) is 26.0 Å². The molecule has 0 radical (unpaired) electrons. The van der Waals surface area contributed by atoms with Crippen molar-refractivity contribution in [2.24, 2.45) is 0 Å². The Bertz CT molecular complexity index is 1180. The second kappa shape index (κ2) is 9.18. The summed E-state index contributed by atoms with van der Waals surface area (Å²) in [7, 11) is -2.63. The highest BCUT2D eigenvalue weighted by Crippen LogP contribution is 2.26. The fourth-order valence-electron chi connectivity index (χ4n) is 2.95. The minimum Gasteiger partial charge on any atom is -0.497 e. The Kier molecular flexibility index (Phi) is 6.60. The summed E-state index contributed by atoms with van der Waals surface area (Å²) >= 11 is 0. The van der Waals surface area contributed by atoms with Gasteiger partial charge in [0.05, 0.1) is 17.7 Å². The number of methoxy groups -OCH3 is 1. The summed E-state index contributed by atoms with van der Waals surface area (Å²) in [6, 6.07) is 16.2. The molecule has 3 aromatic rings. The number of nitrogens with zero attached hydrogens (tertiary/aromatic N) is 1. The fourth-order valence-corrected chi connectivity index (χ4v) is 4.37. The number of benzene rings is 3. The van der Waals surface area contributed by atoms with Crippen molar-refractivity contribution in [1.82, 2.24) is 0 Å². The number of carbonyl (C=O) groups excluding carboxylic acids is 1. The number of ether oxygens (including phenoxy) is 1. The van der Waals surface area contributed by atoms with Gasteiger partial charge >= 0.3 is 0 Å². The van der Waals surface area contributed by atoms with Gasteiger partial charge in [-0.1, -0.05) is 6.07 Å². The maximum Gasteiger partial charge on any atom is 0.264 e. The van der Waals surface area contributed by atoms with Gasteiger partial charge in [-0.2, -0.15) is 0 Å². The molecule has 3 aromatic carbocycles. The van der Waals surface area contributed by atoms with Gasteiger partial charge in [0.1, 0.15) is 18.1 Å². The summed E-state index contributed by atoms with van der Waals surface area (Å²) in [4.78, 5) is 12.6. The number of halogens is 1. The van der Waals surface area contributed by atoms with Gasteiger partial charge in [-0.25, -0.2) is 12.8 Å². The van der Waals surface area contributed by atoms with Crippen molar-refractivity contribution in [2.75, 3.05) is 23.3 Å². The van der Waals surface area contributed by atoms with Gasteiger partial charge in [-0.05, 0) is 85.6 Å². The van der Waals surface area contributed by atoms with E-state index in [1.54, 1.807) is 30.3 Å². The van der Waals surface area contributed by atoms with Gasteiger partial charge in [0.25, 0.3) is 10.0 Å². The maximum absolute atomic E-state index is 13.3. The first-order chi connectivity index (χ1) is 14.7. The number of anilines is 2. The smallest absolute Gasteiger partial charge is 0.264 e. The highest BCUT2D eigenvalue weighted by molar-refractivity contribution is 7.92. The molecule has 0 aliphatic rings. The van der Waals surface area contributed by atoms with E-state index in [2.05, 4.69) is 5.32 Å². The molecule has 162 valence electrons. The van der Waals surface area contributed by atoms with Crippen LogP contribution >= 0.6 is 0 Å². The number of rotatable bonds is 7. The average molecular weight is 443 g/mol. The van der Waals surface area contributed by atoms with Crippen LogP contribution in [0.15, 0.2) is 71.6 Å². The molecule has 31 heavy (non-hydrogen) atoms. The van der Waals surface area contributed by atoms with Crippen LogP contribution in [0.1, 0.15) is 11.1 Å². The van der Waals surface area contributed by atoms with Crippen LogP contribution in [0.2, 0.25) is 0 Å². The number of hydrogen-bond donors (Lipinski definition) is 1. The van der Waals surface area contributed by atoms with E-state index in [9.17, 15) is 17.6 Å². The SMILES string of the molecule is COc1ccc(N(CC(=O)Nc2ccc(C)c(C)c2)S(=O)(=O)c2ccc(F)cc2)cc1. The van der Waals surface area contributed by atoms with E-state index in [-0.39, 0.29) is 10.6 Å². The summed E-state index contributed by atoms with van der Waals surface area (Å²) in [5, 5.41) is 2.74. The molecule has 3 rings (SSSR count). The lowest BCUT2D eigenvalue weighted by Crippen LogP contribution is -2.38. The maximum atomic E-state index is 13.3. The molecule has 0 bridgehead atoms. The molecule has 0 heterocycles. The third-order valence-corrected chi connectivity index (χ3v) is 6.63. The fraction of sp³-hybridized carbons (Fsp3) is 0.174. The minimum atomic E-state index is -4.13. The summed E-state index contributed by atoms with van der Waals surface area (Å²) in [6.07, 6.45) is 0. The van der Waals surface area contributed by atoms with Crippen LogP contribution in [0.3, 0.4) is 0 Å². The van der Waals surface area contributed by atoms with Gasteiger partial charge in [-0.3, -0.25) is 9.10 Å². The summed E-state index contributed by atoms with van der Waals surface area (Å²) in [6.45, 7) is 3.42. The molecule has 1 N–H and O–H groups in total. The predicted molar refractivity (Wildman–Crippen MR) is 118 cm³/mol. The predicted octanol–water partition coefficient (Wildman–Crippen LogP) is 4.29. The third-order valence-electron chi connectivity index (χ3n) is 4.84. The zero-order valence-corrected chi connectivity index (χ0v) is 18.2. The molecule has 0 fully saturated rings. The average Bonchev–Trinajstić information content (AvgIpc) is 2.75. The molecule has 0 saturated heterocycles. The van der Waals surface area contributed by atoms with Crippen LogP contribution in [-0.4, -0.2) is 28.0 Å². The molecule has 0 unspecified atom stereocenters. The highest BCUT2D eigenvalue weighted by Gasteiger charge is 2.27. The first-order valence-corrected chi connectivity index (χ1v) is 10.9. The molecule has 0 saturated carbocycles. The lowest BCUT2D eigenvalue weighted by Gasteiger charge is -2.24. The Morgan fingerprint density at radius 1 is 0.968 bits per heavy atom. The standard InChI is InChI=1S/C23H23FN2O4S/c1-16-4-7-19(14-17(16)2)25-23(27)15-26(20-8-10-21(30-3)11-9-20)31(28,29)22-12-5-18(24)6-13-22/h4-14H,15H2,1-3H3,(H,25,27). The van der Waals surface area contributed by atoms with Gasteiger partial charge in [-0.15, -0.1) is 0 Å². The largest absolute Gasteiger partial charge is 0.497 e. The first-order valence-electron chi connectivity index (χ1n) is 9.50. The zero-order valence-electron chi connectivity index (χ0n) is 17.4. The van der Waals surface area contributed by atoms with Crippen molar-refractivity contribution >= 4 is 27.3 Å². The number of amides is 1. The van der Waals surface area contributed by atoms with E-state index < -0.39 is 28.3 Å². The highest BCUT2D eigenvalue weighted by atomic mass is 32.2. The molecule has 0 aliphatic heterocycles. The van der Waals surface area contributed by atoms with Crippen molar-refractivity contribution in [1.29, 1.82) is 0 Å². The Morgan fingerprint density at radius 2 is 1.61 bits per heavy atom. The van der Waals surface area contributed by atoms with E-state index in [4.69, 9.17) is 4.74 Å². The molecule has 0 spiro atoms. The molecule has 0 atom stereocenters. The molecular formula is C23H23FN2O4S. The normalized spacial score (nSPS) is 11.1. The molecule has 0 aromatic heterocycles. The molecule has 1 amide bonds. The molecule has 6 nitrogen and oxygen atoms in total. The second-order valence-corrected chi connectivity index (χ2v) is 8.87. The third kappa shape index (κ3) is 5.21. The Labute approximate surface area is 181 Å². The van der Waals surface area contributed by atoms with Crippen LogP contribution in [0.5, 0.6) is 5.75 Å². The first kappa shape index (κ1) is 22.3. The van der Waals surface area contributed by atoms with Crippen molar-refractivity contribution < 1.29 is 22.3 Å². The van der Waals surface area contributed by atoms with Crippen LogP contribution in [0.25, 0.3) is 0 Å². The van der Waals surface area contributed by atoms with Crippen LogP contribution in [-0.2, 0) is 14.8 Å². The number of hydrogen-bond acceptors (Lipinski definition) is 4. The number of carbonyl (C=O) groups is 1. The second-order valence-electron chi connectivity index (χ2n) is 7.01. The Balaban J connectivity index is 1.93. The molecule has 8 heteroatoms. The quantitative estimate of drug-likeness (QED) is 0.592. The topological polar surface area (TPSA) is 75.7 Å². The lowest BCUT2D eigenvalue weighted by atomic mass is 10.1. The van der Waals surface area contributed by atoms with Crippen molar-refractivity contribution in [2.45, 2.75) is 18.7 Å². The summed E-state index contributed by atoms with van der Waals surface area (Å²) < 4.78 is 46.0. The Morgan fingerprint density at radius 3 is 2.19 bits per heavy atom. The van der Waals surface area contributed by atoms with Crippen LogP contribution in [0, 0.1) is 19.7 Å². The lowest BCUT2D eigenvalue weighted by molar-refractivity contribution is -0.114. The molecular weight excluding hydrogens is 419 g/mol. The van der Waals surface area contributed by atoms with Crippen LogP contribution in [0.4, 0.5) is 15.8 Å². The molecule has 0 aliphatic carbocycles. The van der Waals surface area contributed by atoms with Gasteiger partial charge in [0.15, 0.2) is 0 Å². The van der Waals surface area contributed by atoms with E-state index in [1.165, 1.54) is 19.2 Å². The van der Waals surface area contributed by atoms with Crippen molar-refractivity contribution in [3.63, 3.8) is 0 Å². The van der Waals surface area contributed by atoms with E-state index in [0.29, 0.717) is 11.4 Å². The van der Waals surface area contributed by atoms with E-state index in [0.717, 1.165) is 27.6 Å². The summed E-state index contributed by atoms with van der Waals surface area (Å²) in [5.41, 5.74) is 2.93. The van der Waals surface area contributed by atoms with Crippen LogP contribution < -0.4 is 14.4 Å². The number of sulfonamides is 1. The Hall–Kier alpha value is -3.39. The van der Waals surface area contributed by atoms with Gasteiger partial charge < -0.3 is 10.1 Å². The van der Waals surface area contributed by atoms with Crippen molar-refractivity contribution in [3.8, 4) is 5.75 Å². The zero-order chi connectivity index (χ0) is 22.6. The van der Waals surface area contributed by atoms with Crippen molar-refractivity contribution in [3.05, 3.63) is 83.7 Å². The monoisotopic (exact) mass is 442 g/mol. The van der Waals surface area contributed by atoms with E-state index >= 15 is 0 Å². The number of nitrogens with one attached hydrogen (secondary N) is 1. The van der Waals surface area contributed by atoms with Gasteiger partial charge in [0, 0.05) is 5.69 Å².